The lowest BCUT2D eigenvalue weighted by Crippen LogP contribution is -2.14. The zero-order chi connectivity index (χ0) is 22.0. The number of thiazole rings is 1. The first kappa shape index (κ1) is 20.7. The zero-order valence-electron chi connectivity index (χ0n) is 17.1. The Balaban J connectivity index is 1.83. The van der Waals surface area contributed by atoms with E-state index in [1.807, 2.05) is 23.6 Å². The van der Waals surface area contributed by atoms with Crippen LogP contribution in [0.2, 0.25) is 0 Å². The average Bonchev–Trinajstić information content (AvgIpc) is 3.50. The van der Waals surface area contributed by atoms with Crippen molar-refractivity contribution >= 4 is 23.5 Å². The van der Waals surface area contributed by atoms with Crippen LogP contribution < -0.4 is 20.0 Å². The van der Waals surface area contributed by atoms with Gasteiger partial charge < -0.3 is 20.3 Å². The highest BCUT2D eigenvalue weighted by atomic mass is 32.1. The molecule has 0 aliphatic heterocycles. The number of carbonyl (C=O) groups excluding carboxylic acids is 1. The van der Waals surface area contributed by atoms with Crippen LogP contribution >= 0.6 is 11.3 Å². The van der Waals surface area contributed by atoms with Crippen molar-refractivity contribution in [3.05, 3.63) is 57.7 Å². The average molecular weight is 439 g/mol. The fraction of sp³-hybridized carbons (Fsp3) is 0.227. The predicted octanol–water partition coefficient (Wildman–Crippen LogP) is 2.98. The van der Waals surface area contributed by atoms with Crippen molar-refractivity contribution in [2.75, 3.05) is 14.2 Å². The molecule has 31 heavy (non-hydrogen) atoms. The Kier molecular flexibility index (Phi) is 5.77. The van der Waals surface area contributed by atoms with Gasteiger partial charge in [0.25, 0.3) is 5.91 Å². The van der Waals surface area contributed by atoms with Crippen molar-refractivity contribution in [1.29, 1.82) is 0 Å². The summed E-state index contributed by atoms with van der Waals surface area (Å²) in [6.07, 6.45) is 3.80. The normalized spacial score (nSPS) is 14.2. The molecule has 1 heterocycles. The van der Waals surface area contributed by atoms with Crippen molar-refractivity contribution in [3.8, 4) is 28.5 Å². The van der Waals surface area contributed by atoms with Crippen LogP contribution in [0.4, 0.5) is 0 Å². The van der Waals surface area contributed by atoms with Gasteiger partial charge in [-0.2, -0.15) is 5.10 Å². The number of hydrogen-bond donors (Lipinski definition) is 2. The lowest BCUT2D eigenvalue weighted by Gasteiger charge is -2.10. The molecule has 0 bridgehead atoms. The predicted molar refractivity (Wildman–Crippen MR) is 119 cm³/mol. The lowest BCUT2D eigenvalue weighted by molar-refractivity contribution is 0.0998. The molecule has 1 saturated carbocycles. The van der Waals surface area contributed by atoms with Gasteiger partial charge in [0.05, 0.1) is 37.7 Å². The van der Waals surface area contributed by atoms with Crippen LogP contribution in [0.3, 0.4) is 0 Å². The molecule has 9 heteroatoms. The van der Waals surface area contributed by atoms with E-state index in [1.165, 1.54) is 17.4 Å². The van der Waals surface area contributed by atoms with Crippen molar-refractivity contribution < 1.29 is 19.4 Å². The molecule has 1 fully saturated rings. The number of amides is 1. The third kappa shape index (κ3) is 4.31. The maximum atomic E-state index is 11.7. The lowest BCUT2D eigenvalue weighted by atomic mass is 10.1. The molecule has 0 spiro atoms. The number of ether oxygens (including phenoxy) is 2. The number of benzene rings is 2. The number of primary amides is 1. The van der Waals surface area contributed by atoms with E-state index in [9.17, 15) is 9.90 Å². The van der Waals surface area contributed by atoms with Gasteiger partial charge in [-0.05, 0) is 43.2 Å². The minimum Gasteiger partial charge on any atom is -0.507 e. The maximum absolute atomic E-state index is 11.7. The highest BCUT2D eigenvalue weighted by Gasteiger charge is 2.21. The summed E-state index contributed by atoms with van der Waals surface area (Å²) in [5.74, 6) is 0.321. The Morgan fingerprint density at radius 3 is 2.74 bits per heavy atom. The molecular formula is C22H22N4O4S. The monoisotopic (exact) mass is 438 g/mol. The zero-order valence-corrected chi connectivity index (χ0v) is 17.9. The Morgan fingerprint density at radius 2 is 2.06 bits per heavy atom. The number of aromatic hydroxyl groups is 1. The molecular weight excluding hydrogens is 416 g/mol. The molecule has 160 valence electrons. The topological polar surface area (TPSA) is 111 Å². The van der Waals surface area contributed by atoms with E-state index in [0.29, 0.717) is 23.1 Å². The fourth-order valence-electron chi connectivity index (χ4n) is 3.08. The van der Waals surface area contributed by atoms with Gasteiger partial charge in [0.15, 0.2) is 11.5 Å². The number of nitrogens with zero attached hydrogens (tertiary/aromatic N) is 3. The van der Waals surface area contributed by atoms with Crippen molar-refractivity contribution in [2.45, 2.75) is 18.9 Å². The molecule has 2 aromatic carbocycles. The smallest absolute Gasteiger partial charge is 0.252 e. The quantitative estimate of drug-likeness (QED) is 0.552. The summed E-state index contributed by atoms with van der Waals surface area (Å²) >= 11 is 1.46. The fourth-order valence-corrected chi connectivity index (χ4v) is 3.99. The third-order valence-electron chi connectivity index (χ3n) is 4.83. The van der Waals surface area contributed by atoms with Gasteiger partial charge in [-0.15, -0.1) is 11.3 Å². The van der Waals surface area contributed by atoms with E-state index >= 15 is 0 Å². The van der Waals surface area contributed by atoms with Crippen LogP contribution in [-0.4, -0.2) is 42.2 Å². The van der Waals surface area contributed by atoms with Crippen LogP contribution in [0.25, 0.3) is 11.3 Å². The first-order valence-electron chi connectivity index (χ1n) is 9.64. The number of carbonyl (C=O) groups is 1. The van der Waals surface area contributed by atoms with Gasteiger partial charge in [-0.25, -0.2) is 4.68 Å². The van der Waals surface area contributed by atoms with Crippen molar-refractivity contribution in [2.24, 2.45) is 15.8 Å². The number of methoxy groups -OCH3 is 2. The largest absolute Gasteiger partial charge is 0.507 e. The number of para-hydroxylation sites is 1. The third-order valence-corrected chi connectivity index (χ3v) is 5.66. The molecule has 8 nitrogen and oxygen atoms in total. The minimum absolute atomic E-state index is 0.0503. The van der Waals surface area contributed by atoms with Gasteiger partial charge in [0, 0.05) is 16.5 Å². The SMILES string of the molecule is COc1cccc(/C=N/n2c(-c3ccc(O)c(C(N)=O)c3)csc2=NC2CC2)c1OC. The summed E-state index contributed by atoms with van der Waals surface area (Å²) in [6.45, 7) is 0. The van der Waals surface area contributed by atoms with E-state index in [1.54, 1.807) is 37.2 Å². The molecule has 0 atom stereocenters. The highest BCUT2D eigenvalue weighted by molar-refractivity contribution is 7.07. The van der Waals surface area contributed by atoms with Gasteiger partial charge in [-0.3, -0.25) is 9.79 Å². The second kappa shape index (κ2) is 8.65. The molecule has 1 amide bonds. The molecule has 3 aromatic rings. The summed E-state index contributed by atoms with van der Waals surface area (Å²) in [5.41, 5.74) is 7.61. The van der Waals surface area contributed by atoms with Crippen LogP contribution in [0.15, 0.2) is 51.9 Å². The van der Waals surface area contributed by atoms with E-state index in [0.717, 1.165) is 28.9 Å². The van der Waals surface area contributed by atoms with Crippen LogP contribution in [-0.2, 0) is 0 Å². The number of rotatable bonds is 7. The Labute approximate surface area is 182 Å². The summed E-state index contributed by atoms with van der Waals surface area (Å²) in [7, 11) is 3.16. The van der Waals surface area contributed by atoms with E-state index in [2.05, 4.69) is 5.10 Å². The first-order valence-corrected chi connectivity index (χ1v) is 10.5. The Morgan fingerprint density at radius 1 is 1.26 bits per heavy atom. The second-order valence-corrected chi connectivity index (χ2v) is 7.84. The molecule has 3 N–H and O–H groups in total. The molecule has 1 aliphatic rings. The van der Waals surface area contributed by atoms with Gasteiger partial charge in [0.2, 0.25) is 4.80 Å². The number of hydrogen-bond acceptors (Lipinski definition) is 7. The standard InChI is InChI=1S/C22H22N4O4S/c1-29-19-5-3-4-14(20(19)30-2)11-24-26-17(12-31-22(26)25-15-7-8-15)13-6-9-18(27)16(10-13)21(23)28/h3-6,9-12,15,27H,7-8H2,1-2H3,(H2,23,28)/b24-11+,25-22?. The Hall–Kier alpha value is -3.59. The molecule has 0 radical (unpaired) electrons. The number of phenols is 1. The summed E-state index contributed by atoms with van der Waals surface area (Å²) in [6, 6.07) is 10.6. The van der Waals surface area contributed by atoms with Gasteiger partial charge in [-0.1, -0.05) is 6.07 Å². The van der Waals surface area contributed by atoms with Gasteiger partial charge in [0.1, 0.15) is 5.75 Å². The highest BCUT2D eigenvalue weighted by Crippen LogP contribution is 2.30. The molecule has 0 unspecified atom stereocenters. The summed E-state index contributed by atoms with van der Waals surface area (Å²) in [5, 5.41) is 16.5. The van der Waals surface area contributed by atoms with E-state index in [-0.39, 0.29) is 11.3 Å². The number of aromatic nitrogens is 1. The second-order valence-electron chi connectivity index (χ2n) is 7.00. The molecule has 4 rings (SSSR count). The minimum atomic E-state index is -0.700. The summed E-state index contributed by atoms with van der Waals surface area (Å²) in [4.78, 5) is 17.2. The molecule has 1 aliphatic carbocycles. The maximum Gasteiger partial charge on any atom is 0.252 e. The molecule has 0 saturated heterocycles. The van der Waals surface area contributed by atoms with E-state index < -0.39 is 5.91 Å². The van der Waals surface area contributed by atoms with Crippen molar-refractivity contribution in [1.82, 2.24) is 4.68 Å². The van der Waals surface area contributed by atoms with Crippen LogP contribution in [0, 0.1) is 0 Å². The molecule has 1 aromatic heterocycles. The van der Waals surface area contributed by atoms with Crippen LogP contribution in [0.1, 0.15) is 28.8 Å². The first-order chi connectivity index (χ1) is 15.0. The Bertz CT molecular complexity index is 1220. The van der Waals surface area contributed by atoms with Crippen LogP contribution in [0.5, 0.6) is 17.2 Å². The number of nitrogens with two attached hydrogens (primary N) is 1. The van der Waals surface area contributed by atoms with Gasteiger partial charge >= 0.3 is 0 Å². The van der Waals surface area contributed by atoms with Crippen molar-refractivity contribution in [3.63, 3.8) is 0 Å². The van der Waals surface area contributed by atoms with E-state index in [4.69, 9.17) is 20.2 Å². The summed E-state index contributed by atoms with van der Waals surface area (Å²) < 4.78 is 12.6.